The van der Waals surface area contributed by atoms with E-state index in [1.165, 1.54) is 9.80 Å². The number of aliphatic carboxylic acids is 1. The van der Waals surface area contributed by atoms with Gasteiger partial charge in [-0.2, -0.15) is 0 Å². The fourth-order valence-electron chi connectivity index (χ4n) is 6.01. The molecular weight excluding hydrogens is 624 g/mol. The Morgan fingerprint density at radius 3 is 2.29 bits per heavy atom. The van der Waals surface area contributed by atoms with Crippen molar-refractivity contribution >= 4 is 35.9 Å². The maximum absolute atomic E-state index is 13.7. The number of rotatable bonds is 13. The van der Waals surface area contributed by atoms with Gasteiger partial charge in [0, 0.05) is 69.2 Å². The van der Waals surface area contributed by atoms with Crippen molar-refractivity contribution in [1.82, 2.24) is 25.1 Å². The van der Waals surface area contributed by atoms with Gasteiger partial charge in [-0.15, -0.1) is 0 Å². The summed E-state index contributed by atoms with van der Waals surface area (Å²) < 4.78 is 15.6. The van der Waals surface area contributed by atoms with Crippen LogP contribution in [0.1, 0.15) is 50.0 Å². The first-order valence-electron chi connectivity index (χ1n) is 16.4. The number of carbonyl (C=O) groups excluding carboxylic acids is 4. The number of amides is 3. The van der Waals surface area contributed by atoms with E-state index in [2.05, 4.69) is 10.3 Å². The first-order valence-corrected chi connectivity index (χ1v) is 16.4. The zero-order valence-electron chi connectivity index (χ0n) is 27.2. The van der Waals surface area contributed by atoms with Crippen molar-refractivity contribution in [1.29, 1.82) is 0 Å². The minimum Gasteiger partial charge on any atom is -0.481 e. The summed E-state index contributed by atoms with van der Waals surface area (Å²) in [6.07, 6.45) is -0.145. The van der Waals surface area contributed by atoms with Gasteiger partial charge in [0.2, 0.25) is 5.91 Å². The lowest BCUT2D eigenvalue weighted by Gasteiger charge is -2.36. The molecule has 1 aliphatic carbocycles. The Hall–Kier alpha value is -4.95. The molecule has 1 aromatic heterocycles. The maximum Gasteiger partial charge on any atom is 0.508 e. The molecule has 0 radical (unpaired) electrons. The molecule has 3 aliphatic rings. The van der Waals surface area contributed by atoms with Crippen molar-refractivity contribution in [2.24, 2.45) is 11.8 Å². The fraction of sp³-hybridized carbons (Fsp3) is 0.545. The largest absolute Gasteiger partial charge is 0.508 e. The van der Waals surface area contributed by atoms with Crippen LogP contribution in [0.5, 0.6) is 0 Å². The summed E-state index contributed by atoms with van der Waals surface area (Å²) in [6, 6.07) is 9.59. The lowest BCUT2D eigenvalue weighted by Crippen LogP contribution is -2.56. The number of unbranched alkanes of at least 4 members (excludes halogenated alkanes) is 1. The molecular formula is C33H42N6O9. The fourth-order valence-corrected chi connectivity index (χ4v) is 6.01. The number of hydrogen-bond acceptors (Lipinski definition) is 11. The summed E-state index contributed by atoms with van der Waals surface area (Å²) >= 11 is 0. The minimum atomic E-state index is -1.13. The van der Waals surface area contributed by atoms with E-state index in [1.807, 2.05) is 42.2 Å². The van der Waals surface area contributed by atoms with Gasteiger partial charge in [0.25, 0.3) is 5.91 Å². The number of hydrogen-bond donors (Lipinski definition) is 2. The minimum absolute atomic E-state index is 0.0199. The van der Waals surface area contributed by atoms with Gasteiger partial charge >= 0.3 is 18.2 Å². The van der Waals surface area contributed by atoms with Crippen molar-refractivity contribution in [2.75, 3.05) is 57.4 Å². The van der Waals surface area contributed by atoms with E-state index in [9.17, 15) is 29.1 Å². The zero-order chi connectivity index (χ0) is 34.2. The van der Waals surface area contributed by atoms with Crippen LogP contribution in [-0.4, -0.2) is 120 Å². The smallest absolute Gasteiger partial charge is 0.481 e. The summed E-state index contributed by atoms with van der Waals surface area (Å²) in [7, 11) is 0. The first-order chi connectivity index (χ1) is 23.2. The van der Waals surface area contributed by atoms with Crippen molar-refractivity contribution in [3.63, 3.8) is 0 Å². The van der Waals surface area contributed by atoms with E-state index in [1.54, 1.807) is 13.0 Å². The summed E-state index contributed by atoms with van der Waals surface area (Å²) in [5.74, 6) is -1.15. The molecule has 3 heterocycles. The van der Waals surface area contributed by atoms with Gasteiger partial charge in [-0.25, -0.2) is 19.6 Å². The highest BCUT2D eigenvalue weighted by Gasteiger charge is 2.59. The zero-order valence-corrected chi connectivity index (χ0v) is 27.2. The standard InChI is InChI=1S/C33H42N6O9/c1-3-5-17-47-32(44)38-15-13-37(14-16-38)31(43)24(11-12-27(40)41)35-30(42)25-18-26(36-29(34-25)21-9-7-6-8-10-21)39-19-22-23(20-39)28(22)48-33(45)46-4-2/h6-10,18,22-24,28H,3-5,11-17,19-20H2,1-2H3,(H,35,42)(H,40,41)/t22-,23+,24-,28?/m0/s1. The predicted molar refractivity (Wildman–Crippen MR) is 171 cm³/mol. The van der Waals surface area contributed by atoms with E-state index < -0.39 is 36.1 Å². The number of benzene rings is 1. The number of carboxylic acid groups (broad SMARTS) is 1. The molecule has 48 heavy (non-hydrogen) atoms. The molecule has 15 heteroatoms. The third kappa shape index (κ3) is 8.49. The average Bonchev–Trinajstić information content (AvgIpc) is 3.51. The van der Waals surface area contributed by atoms with Crippen LogP contribution in [0, 0.1) is 11.8 Å². The van der Waals surface area contributed by atoms with Gasteiger partial charge in [0.15, 0.2) is 5.82 Å². The summed E-state index contributed by atoms with van der Waals surface area (Å²) in [5, 5.41) is 12.1. The molecule has 3 fully saturated rings. The number of aromatic nitrogens is 2. The number of piperidine rings is 1. The van der Waals surface area contributed by atoms with Gasteiger partial charge in [0.1, 0.15) is 23.7 Å². The van der Waals surface area contributed by atoms with Crippen LogP contribution in [0.4, 0.5) is 15.4 Å². The number of anilines is 1. The molecule has 258 valence electrons. The maximum atomic E-state index is 13.7. The SMILES string of the molecule is CCCCOC(=O)N1CCN(C(=O)[C@H](CCC(=O)O)NC(=O)c2cc(N3C[C@@H]4C(OC(=O)OCC)[C@@H]4C3)nc(-c3ccccc3)n2)CC1. The highest BCUT2D eigenvalue weighted by Crippen LogP contribution is 2.49. The van der Waals surface area contributed by atoms with Crippen LogP contribution in [0.2, 0.25) is 0 Å². The van der Waals surface area contributed by atoms with Crippen LogP contribution < -0.4 is 10.2 Å². The molecule has 0 bridgehead atoms. The van der Waals surface area contributed by atoms with Crippen LogP contribution in [0.3, 0.4) is 0 Å². The topological polar surface area (TPSA) is 181 Å². The Bertz CT molecular complexity index is 1470. The molecule has 1 aromatic carbocycles. The molecule has 1 unspecified atom stereocenters. The lowest BCUT2D eigenvalue weighted by molar-refractivity contribution is -0.138. The van der Waals surface area contributed by atoms with Gasteiger partial charge in [-0.1, -0.05) is 43.7 Å². The van der Waals surface area contributed by atoms with Crippen LogP contribution in [0.25, 0.3) is 11.4 Å². The second kappa shape index (κ2) is 15.8. The monoisotopic (exact) mass is 666 g/mol. The van der Waals surface area contributed by atoms with Gasteiger partial charge in [0.05, 0.1) is 13.2 Å². The van der Waals surface area contributed by atoms with Crippen molar-refractivity contribution in [2.45, 2.75) is 51.7 Å². The molecule has 2 aliphatic heterocycles. The molecule has 3 amide bonds. The highest BCUT2D eigenvalue weighted by atomic mass is 16.7. The Labute approximate surface area is 278 Å². The van der Waals surface area contributed by atoms with Crippen molar-refractivity contribution in [3.8, 4) is 11.4 Å². The number of ether oxygens (including phenoxy) is 3. The number of nitrogens with zero attached hydrogens (tertiary/aromatic N) is 5. The van der Waals surface area contributed by atoms with Crippen LogP contribution in [0.15, 0.2) is 36.4 Å². The Kier molecular flexibility index (Phi) is 11.3. The summed E-state index contributed by atoms with van der Waals surface area (Å²) in [4.78, 5) is 77.3. The Balaban J connectivity index is 1.29. The number of carboxylic acids is 1. The Morgan fingerprint density at radius 2 is 1.65 bits per heavy atom. The van der Waals surface area contributed by atoms with Crippen LogP contribution >= 0.6 is 0 Å². The van der Waals surface area contributed by atoms with Gasteiger partial charge in [-0.3, -0.25) is 14.4 Å². The number of carbonyl (C=O) groups is 5. The van der Waals surface area contributed by atoms with E-state index in [0.29, 0.717) is 36.9 Å². The Morgan fingerprint density at radius 1 is 0.958 bits per heavy atom. The van der Waals surface area contributed by atoms with E-state index in [4.69, 9.17) is 19.2 Å². The van der Waals surface area contributed by atoms with Crippen molar-refractivity contribution in [3.05, 3.63) is 42.1 Å². The number of fused-ring (bicyclic) bond motifs is 1. The van der Waals surface area contributed by atoms with E-state index >= 15 is 0 Å². The van der Waals surface area contributed by atoms with E-state index in [-0.39, 0.29) is 69.3 Å². The van der Waals surface area contributed by atoms with Gasteiger partial charge in [-0.05, 0) is 19.8 Å². The molecule has 5 rings (SSSR count). The molecule has 0 spiro atoms. The first kappa shape index (κ1) is 34.4. The lowest BCUT2D eigenvalue weighted by atomic mass is 10.1. The third-order valence-electron chi connectivity index (χ3n) is 8.73. The molecule has 4 atom stereocenters. The van der Waals surface area contributed by atoms with Crippen molar-refractivity contribution < 1.29 is 43.3 Å². The van der Waals surface area contributed by atoms with Gasteiger partial charge < -0.3 is 39.3 Å². The van der Waals surface area contributed by atoms with Crippen LogP contribution in [-0.2, 0) is 23.8 Å². The molecule has 1 saturated carbocycles. The second-order valence-corrected chi connectivity index (χ2v) is 12.0. The molecule has 15 nitrogen and oxygen atoms in total. The third-order valence-corrected chi connectivity index (χ3v) is 8.73. The molecule has 2 saturated heterocycles. The summed E-state index contributed by atoms with van der Waals surface area (Å²) in [5.41, 5.74) is 0.706. The summed E-state index contributed by atoms with van der Waals surface area (Å²) in [6.45, 7) is 6.34. The normalized spacial score (nSPS) is 20.4. The average molecular weight is 667 g/mol. The second-order valence-electron chi connectivity index (χ2n) is 12.0. The number of piperazine rings is 1. The molecule has 2 N–H and O–H groups in total. The van der Waals surface area contributed by atoms with E-state index in [0.717, 1.165) is 12.8 Å². The predicted octanol–water partition coefficient (Wildman–Crippen LogP) is 2.80. The molecule has 2 aromatic rings. The number of nitrogens with one attached hydrogen (secondary N) is 1. The quantitative estimate of drug-likeness (QED) is 0.236. The highest BCUT2D eigenvalue weighted by molar-refractivity contribution is 5.97.